The van der Waals surface area contributed by atoms with Crippen LogP contribution in [0.2, 0.25) is 5.02 Å². The third kappa shape index (κ3) is 4.61. The Bertz CT molecular complexity index is 850. The van der Waals surface area contributed by atoms with Gasteiger partial charge in [-0.15, -0.1) is 0 Å². The number of piperidine rings is 1. The first kappa shape index (κ1) is 21.7. The topological polar surface area (TPSA) is 73.4 Å². The van der Waals surface area contributed by atoms with Crippen LogP contribution in [-0.2, 0) is 9.59 Å². The van der Waals surface area contributed by atoms with Crippen LogP contribution in [0.3, 0.4) is 0 Å². The summed E-state index contributed by atoms with van der Waals surface area (Å²) in [7, 11) is 0. The summed E-state index contributed by atoms with van der Waals surface area (Å²) in [5.41, 5.74) is 2.20. The number of rotatable bonds is 3. The minimum Gasteiger partial charge on any atom is -0.483 e. The molecule has 2 heterocycles. The van der Waals surface area contributed by atoms with Gasteiger partial charge in [0.1, 0.15) is 0 Å². The molecule has 6 heteroatoms. The van der Waals surface area contributed by atoms with Crippen molar-refractivity contribution in [1.82, 2.24) is 9.88 Å². The molecule has 1 aliphatic carbocycles. The molecule has 158 valence electrons. The van der Waals surface area contributed by atoms with Crippen molar-refractivity contribution in [3.05, 3.63) is 35.0 Å². The normalized spacial score (nSPS) is 24.9. The number of carbonyl (C=O) groups is 2. The van der Waals surface area contributed by atoms with E-state index < -0.39 is 0 Å². The molecule has 2 aromatic rings. The third-order valence-electron chi connectivity index (χ3n) is 6.74. The van der Waals surface area contributed by atoms with Crippen LogP contribution < -0.4 is 0 Å². The molecule has 0 spiro atoms. The smallest absolute Gasteiger partial charge is 0.290 e. The van der Waals surface area contributed by atoms with Gasteiger partial charge in [-0.05, 0) is 54.7 Å². The molecule has 4 rings (SSSR count). The zero-order chi connectivity index (χ0) is 21.0. The molecular weight excluding hydrogens is 388 g/mol. The molecule has 1 saturated heterocycles. The van der Waals surface area contributed by atoms with Gasteiger partial charge in [-0.3, -0.25) is 9.59 Å². The molecule has 2 fully saturated rings. The van der Waals surface area contributed by atoms with Gasteiger partial charge in [-0.1, -0.05) is 44.4 Å². The maximum Gasteiger partial charge on any atom is 0.290 e. The van der Waals surface area contributed by atoms with E-state index in [4.69, 9.17) is 21.5 Å². The molecule has 2 N–H and O–H groups in total. The van der Waals surface area contributed by atoms with Gasteiger partial charge in [-0.25, -0.2) is 0 Å². The largest absolute Gasteiger partial charge is 0.483 e. The van der Waals surface area contributed by atoms with Crippen molar-refractivity contribution in [2.45, 2.75) is 64.3 Å². The highest BCUT2D eigenvalue weighted by Crippen LogP contribution is 2.40. The number of carbonyl (C=O) groups excluding carboxylic acids is 1. The monoisotopic (exact) mass is 418 g/mol. The fourth-order valence-electron chi connectivity index (χ4n) is 5.34. The minimum atomic E-state index is -0.250. The highest BCUT2D eigenvalue weighted by molar-refractivity contribution is 6.35. The van der Waals surface area contributed by atoms with Gasteiger partial charge >= 0.3 is 0 Å². The molecule has 4 unspecified atom stereocenters. The van der Waals surface area contributed by atoms with Crippen molar-refractivity contribution in [3.8, 4) is 0 Å². The fraction of sp³-hybridized carbons (Fsp3) is 0.565. The highest BCUT2D eigenvalue weighted by Gasteiger charge is 2.39. The lowest BCUT2D eigenvalue weighted by molar-refractivity contribution is -0.138. The van der Waals surface area contributed by atoms with E-state index >= 15 is 0 Å². The van der Waals surface area contributed by atoms with E-state index in [9.17, 15) is 4.79 Å². The van der Waals surface area contributed by atoms with Crippen LogP contribution in [0.5, 0.6) is 0 Å². The van der Waals surface area contributed by atoms with E-state index in [0.29, 0.717) is 24.3 Å². The molecule has 1 saturated carbocycles. The lowest BCUT2D eigenvalue weighted by atomic mass is 9.72. The standard InChI is InChI=1S/C22H29ClN2O.CH2O2/c1-14-6-3-10-20-16(14)7-5-11-25(20)21(26)12-15(2)17-13-24-19-9-4-8-18(23)22(17)19;2-1-3/h4,8-9,13-16,20,24H,3,5-7,10-12H2,1-2H3;1H,(H,2,3). The van der Waals surface area contributed by atoms with E-state index in [-0.39, 0.29) is 12.4 Å². The molecule has 1 aliphatic heterocycles. The first-order valence-corrected chi connectivity index (χ1v) is 11.0. The summed E-state index contributed by atoms with van der Waals surface area (Å²) in [5.74, 6) is 1.95. The van der Waals surface area contributed by atoms with Crippen molar-refractivity contribution < 1.29 is 14.7 Å². The summed E-state index contributed by atoms with van der Waals surface area (Å²) in [4.78, 5) is 27.1. The SMILES string of the molecule is CC(CC(=O)N1CCCC2C(C)CCCC21)c1c[nH]c2cccc(Cl)c12.O=CO. The second-order valence-electron chi connectivity index (χ2n) is 8.49. The summed E-state index contributed by atoms with van der Waals surface area (Å²) in [6.07, 6.45) is 8.82. The molecular formula is C23H31ClN2O3. The lowest BCUT2D eigenvalue weighted by Crippen LogP contribution is -2.51. The van der Waals surface area contributed by atoms with Crippen LogP contribution in [0.25, 0.3) is 10.9 Å². The van der Waals surface area contributed by atoms with Crippen molar-refractivity contribution in [3.63, 3.8) is 0 Å². The number of carboxylic acid groups (broad SMARTS) is 1. The molecule has 4 atom stereocenters. The predicted octanol–water partition coefficient (Wildman–Crippen LogP) is 5.44. The molecule has 0 bridgehead atoms. The van der Waals surface area contributed by atoms with Crippen molar-refractivity contribution in [2.75, 3.05) is 6.54 Å². The van der Waals surface area contributed by atoms with Gasteiger partial charge in [0.15, 0.2) is 0 Å². The molecule has 1 aromatic carbocycles. The number of aromatic nitrogens is 1. The minimum absolute atomic E-state index is 0.164. The van der Waals surface area contributed by atoms with Crippen LogP contribution in [0, 0.1) is 11.8 Å². The van der Waals surface area contributed by atoms with E-state index in [1.807, 2.05) is 24.4 Å². The van der Waals surface area contributed by atoms with Crippen LogP contribution in [0.1, 0.15) is 63.9 Å². The Labute approximate surface area is 177 Å². The number of hydrogen-bond acceptors (Lipinski definition) is 2. The number of benzene rings is 1. The van der Waals surface area contributed by atoms with Crippen LogP contribution >= 0.6 is 11.6 Å². The number of likely N-dealkylation sites (tertiary alicyclic amines) is 1. The molecule has 0 radical (unpaired) electrons. The van der Waals surface area contributed by atoms with E-state index in [0.717, 1.165) is 40.4 Å². The van der Waals surface area contributed by atoms with Gasteiger partial charge in [-0.2, -0.15) is 0 Å². The number of amides is 1. The molecule has 1 aromatic heterocycles. The second kappa shape index (κ2) is 9.66. The van der Waals surface area contributed by atoms with Crippen molar-refractivity contribution in [1.29, 1.82) is 0 Å². The Morgan fingerprint density at radius 2 is 2.10 bits per heavy atom. The van der Waals surface area contributed by atoms with E-state index in [1.165, 1.54) is 25.7 Å². The molecule has 1 amide bonds. The number of aromatic amines is 1. The summed E-state index contributed by atoms with van der Waals surface area (Å²) in [6, 6.07) is 6.39. The zero-order valence-corrected chi connectivity index (χ0v) is 18.0. The molecule has 2 aliphatic rings. The number of fused-ring (bicyclic) bond motifs is 2. The summed E-state index contributed by atoms with van der Waals surface area (Å²) in [5, 5.41) is 8.72. The van der Waals surface area contributed by atoms with E-state index in [2.05, 4.69) is 23.7 Å². The van der Waals surface area contributed by atoms with Gasteiger partial charge in [0.25, 0.3) is 6.47 Å². The fourth-order valence-corrected chi connectivity index (χ4v) is 5.62. The second-order valence-corrected chi connectivity index (χ2v) is 8.89. The summed E-state index contributed by atoms with van der Waals surface area (Å²) in [6.45, 7) is 5.21. The van der Waals surface area contributed by atoms with Gasteiger partial charge in [0, 0.05) is 36.1 Å². The van der Waals surface area contributed by atoms with Crippen molar-refractivity contribution >= 4 is 34.9 Å². The van der Waals surface area contributed by atoms with Gasteiger partial charge in [0.2, 0.25) is 5.91 Å². The number of halogens is 1. The van der Waals surface area contributed by atoms with Crippen LogP contribution in [0.15, 0.2) is 24.4 Å². The Hall–Kier alpha value is -2.01. The Morgan fingerprint density at radius 1 is 1.34 bits per heavy atom. The van der Waals surface area contributed by atoms with Crippen LogP contribution in [0.4, 0.5) is 0 Å². The Balaban J connectivity index is 0.000000755. The van der Waals surface area contributed by atoms with Gasteiger partial charge < -0.3 is 15.0 Å². The maximum atomic E-state index is 13.2. The van der Waals surface area contributed by atoms with E-state index in [1.54, 1.807) is 0 Å². The third-order valence-corrected chi connectivity index (χ3v) is 7.05. The molecule has 29 heavy (non-hydrogen) atoms. The number of nitrogens with zero attached hydrogens (tertiary/aromatic N) is 1. The van der Waals surface area contributed by atoms with Gasteiger partial charge in [0.05, 0.1) is 5.02 Å². The average molecular weight is 419 g/mol. The number of nitrogens with one attached hydrogen (secondary N) is 1. The van der Waals surface area contributed by atoms with Crippen molar-refractivity contribution in [2.24, 2.45) is 11.8 Å². The average Bonchev–Trinajstić information content (AvgIpc) is 3.14. The first-order chi connectivity index (χ1) is 14.0. The zero-order valence-electron chi connectivity index (χ0n) is 17.2. The first-order valence-electron chi connectivity index (χ1n) is 10.6. The van der Waals surface area contributed by atoms with Crippen LogP contribution in [-0.4, -0.2) is 40.0 Å². The highest BCUT2D eigenvalue weighted by atomic mass is 35.5. The molecule has 5 nitrogen and oxygen atoms in total. The summed E-state index contributed by atoms with van der Waals surface area (Å²) < 4.78 is 0. The predicted molar refractivity (Wildman–Crippen MR) is 116 cm³/mol. The quantitative estimate of drug-likeness (QED) is 0.651. The Kier molecular flexibility index (Phi) is 7.23. The maximum absolute atomic E-state index is 13.2. The number of hydrogen-bond donors (Lipinski definition) is 2. The number of H-pyrrole nitrogens is 1. The lowest BCUT2D eigenvalue weighted by Gasteiger charge is -2.47. The summed E-state index contributed by atoms with van der Waals surface area (Å²) >= 11 is 6.42. The Morgan fingerprint density at radius 3 is 2.86 bits per heavy atom.